The number of hydrogen-bond acceptors (Lipinski definition) is 1. The zero-order valence-electron chi connectivity index (χ0n) is 10.5. The molecule has 0 saturated heterocycles. The van der Waals surface area contributed by atoms with E-state index >= 15 is 0 Å². The van der Waals surface area contributed by atoms with Gasteiger partial charge in [0.1, 0.15) is 0 Å². The maximum atomic E-state index is 5.29. The molecule has 0 spiro atoms. The molecular weight excluding hydrogens is 297 g/mol. The predicted molar refractivity (Wildman–Crippen MR) is 72.0 cm³/mol. The zero-order valence-corrected chi connectivity index (χ0v) is 12.2. The van der Waals surface area contributed by atoms with E-state index in [0.29, 0.717) is 0 Å². The fourth-order valence-electron chi connectivity index (χ4n) is 1.72. The van der Waals surface area contributed by atoms with Gasteiger partial charge in [0.05, 0.1) is 0 Å². The third-order valence-electron chi connectivity index (χ3n) is 2.36. The molecule has 17 heavy (non-hydrogen) atoms. The summed E-state index contributed by atoms with van der Waals surface area (Å²) in [5.74, 6) is 0. The summed E-state index contributed by atoms with van der Waals surface area (Å²) in [6.07, 6.45) is 9.48. The second-order valence-corrected chi connectivity index (χ2v) is 3.86. The largest absolute Gasteiger partial charge is 0.405 e. The normalized spacial score (nSPS) is 12.1. The Balaban J connectivity index is 0.00000256. The second kappa shape index (κ2) is 8.03. The molecule has 1 aromatic rings. The summed E-state index contributed by atoms with van der Waals surface area (Å²) in [7, 11) is 0. The molecule has 1 aromatic carbocycles. The third-order valence-corrected chi connectivity index (χ3v) is 2.36. The number of rotatable bonds is 3. The first kappa shape index (κ1) is 15.9. The van der Waals surface area contributed by atoms with Crippen LogP contribution >= 0.6 is 0 Å². The molecule has 93 valence electrons. The molecule has 0 heterocycles. The topological polar surface area (TPSA) is 26.0 Å². The Labute approximate surface area is 117 Å². The molecule has 0 bridgehead atoms. The van der Waals surface area contributed by atoms with Crippen LogP contribution in [0.2, 0.25) is 0 Å². The average Bonchev–Trinajstić information content (AvgIpc) is 2.23. The van der Waals surface area contributed by atoms with Crippen molar-refractivity contribution < 1.29 is 19.5 Å². The maximum Gasteiger partial charge on any atom is 0 e. The van der Waals surface area contributed by atoms with Crippen LogP contribution in [-0.2, 0) is 19.5 Å². The van der Waals surface area contributed by atoms with Gasteiger partial charge in [-0.05, 0) is 44.2 Å². The van der Waals surface area contributed by atoms with Gasteiger partial charge in [0.15, 0.2) is 0 Å². The van der Waals surface area contributed by atoms with E-state index in [0.717, 1.165) is 0 Å². The summed E-state index contributed by atoms with van der Waals surface area (Å²) in [6, 6.07) is 6.57. The van der Waals surface area contributed by atoms with Crippen molar-refractivity contribution in [3.8, 4) is 0 Å². The van der Waals surface area contributed by atoms with Crippen molar-refractivity contribution in [2.24, 2.45) is 5.73 Å². The monoisotopic (exact) mass is 316 g/mol. The Hall–Kier alpha value is -1.14. The van der Waals surface area contributed by atoms with Crippen LogP contribution in [0.5, 0.6) is 0 Å². The summed E-state index contributed by atoms with van der Waals surface area (Å²) < 4.78 is 0. The summed E-state index contributed by atoms with van der Waals surface area (Å²) in [4.78, 5) is 0. The van der Waals surface area contributed by atoms with Crippen LogP contribution in [0.15, 0.2) is 48.7 Å². The van der Waals surface area contributed by atoms with Crippen molar-refractivity contribution in [1.82, 2.24) is 0 Å². The van der Waals surface area contributed by atoms with Crippen molar-refractivity contribution in [3.63, 3.8) is 0 Å². The van der Waals surface area contributed by atoms with E-state index < -0.39 is 0 Å². The summed E-state index contributed by atoms with van der Waals surface area (Å²) in [5, 5.41) is 0. The van der Waals surface area contributed by atoms with Crippen LogP contribution in [0.1, 0.15) is 23.6 Å². The molecule has 0 aliphatic heterocycles. The summed E-state index contributed by atoms with van der Waals surface area (Å²) in [6.45, 7) is 6.28. The molecule has 1 radical (unpaired) electrons. The molecule has 0 aliphatic carbocycles. The van der Waals surface area contributed by atoms with Gasteiger partial charge >= 0.3 is 0 Å². The van der Waals surface area contributed by atoms with E-state index in [1.54, 1.807) is 0 Å². The van der Waals surface area contributed by atoms with E-state index in [1.165, 1.54) is 28.5 Å². The van der Waals surface area contributed by atoms with Crippen LogP contribution in [0.4, 0.5) is 0 Å². The maximum absolute atomic E-state index is 5.29. The standard InChI is InChI=1S/C15H19N.Rh/c1-4-14(7-5-6-8-16)15-10-12(2)9-13(3)11-15;/h4-11H,16H2,1-3H3;/b7-5-,8-6-,14-4+;. The van der Waals surface area contributed by atoms with E-state index in [-0.39, 0.29) is 19.5 Å². The predicted octanol–water partition coefficient (Wildman–Crippen LogP) is 3.73. The van der Waals surface area contributed by atoms with Crippen LogP contribution < -0.4 is 5.73 Å². The molecule has 0 fully saturated rings. The molecule has 0 unspecified atom stereocenters. The zero-order chi connectivity index (χ0) is 12.0. The quantitative estimate of drug-likeness (QED) is 0.667. The van der Waals surface area contributed by atoms with Crippen LogP contribution in [0, 0.1) is 13.8 Å². The van der Waals surface area contributed by atoms with Gasteiger partial charge in [-0.1, -0.05) is 47.6 Å². The van der Waals surface area contributed by atoms with Gasteiger partial charge in [-0.15, -0.1) is 0 Å². The Morgan fingerprint density at radius 1 is 1.06 bits per heavy atom. The summed E-state index contributed by atoms with van der Waals surface area (Å²) in [5.41, 5.74) is 10.3. The smallest absolute Gasteiger partial charge is 0 e. The molecule has 1 nitrogen and oxygen atoms in total. The minimum atomic E-state index is 0. The Morgan fingerprint density at radius 3 is 2.12 bits per heavy atom. The Bertz CT molecular complexity index is 422. The fourth-order valence-corrected chi connectivity index (χ4v) is 1.72. The van der Waals surface area contributed by atoms with Gasteiger partial charge in [0.2, 0.25) is 0 Å². The molecule has 2 N–H and O–H groups in total. The minimum absolute atomic E-state index is 0. The number of nitrogens with two attached hydrogens (primary N) is 1. The minimum Gasteiger partial charge on any atom is -0.405 e. The fraction of sp³-hybridized carbons (Fsp3) is 0.200. The average molecular weight is 316 g/mol. The van der Waals surface area contributed by atoms with Gasteiger partial charge < -0.3 is 5.73 Å². The molecule has 1 rings (SSSR count). The Kier molecular flexibility index (Phi) is 7.49. The second-order valence-electron chi connectivity index (χ2n) is 3.86. The number of allylic oxidation sites excluding steroid dienone is 5. The molecule has 0 amide bonds. The number of hydrogen-bond donors (Lipinski definition) is 1. The van der Waals surface area contributed by atoms with Crippen molar-refractivity contribution in [3.05, 3.63) is 65.4 Å². The summed E-state index contributed by atoms with van der Waals surface area (Å²) >= 11 is 0. The van der Waals surface area contributed by atoms with Gasteiger partial charge in [0.25, 0.3) is 0 Å². The first-order valence-corrected chi connectivity index (χ1v) is 5.47. The van der Waals surface area contributed by atoms with Gasteiger partial charge in [-0.3, -0.25) is 0 Å². The van der Waals surface area contributed by atoms with Gasteiger partial charge in [0, 0.05) is 19.5 Å². The molecule has 2 heteroatoms. The van der Waals surface area contributed by atoms with Crippen molar-refractivity contribution >= 4 is 5.57 Å². The molecule has 0 saturated carbocycles. The number of aryl methyl sites for hydroxylation is 2. The van der Waals surface area contributed by atoms with E-state index in [9.17, 15) is 0 Å². The molecule has 0 aliphatic rings. The Morgan fingerprint density at radius 2 is 1.65 bits per heavy atom. The van der Waals surface area contributed by atoms with Gasteiger partial charge in [-0.2, -0.15) is 0 Å². The van der Waals surface area contributed by atoms with Gasteiger partial charge in [-0.25, -0.2) is 0 Å². The molecule has 0 atom stereocenters. The third kappa shape index (κ3) is 5.15. The van der Waals surface area contributed by atoms with Crippen molar-refractivity contribution in [2.45, 2.75) is 20.8 Å². The van der Waals surface area contributed by atoms with Crippen LogP contribution in [0.3, 0.4) is 0 Å². The first-order valence-electron chi connectivity index (χ1n) is 5.47. The SMILES string of the molecule is C\C=C(/C=C\C=C/N)c1cc(C)cc(C)c1.[Rh]. The van der Waals surface area contributed by atoms with Crippen LogP contribution in [-0.4, -0.2) is 0 Å². The first-order chi connectivity index (χ1) is 7.67. The van der Waals surface area contributed by atoms with E-state index in [1.807, 2.05) is 19.1 Å². The van der Waals surface area contributed by atoms with Crippen LogP contribution in [0.25, 0.3) is 5.57 Å². The molecular formula is C15H19NRh. The van der Waals surface area contributed by atoms with E-state index in [2.05, 4.69) is 44.2 Å². The number of benzene rings is 1. The van der Waals surface area contributed by atoms with Crippen molar-refractivity contribution in [2.75, 3.05) is 0 Å². The molecule has 0 aromatic heterocycles. The van der Waals surface area contributed by atoms with Crippen molar-refractivity contribution in [1.29, 1.82) is 0 Å². The van der Waals surface area contributed by atoms with E-state index in [4.69, 9.17) is 5.73 Å².